The minimum atomic E-state index is 0.542. The summed E-state index contributed by atoms with van der Waals surface area (Å²) in [4.78, 5) is 12.0. The van der Waals surface area contributed by atoms with Gasteiger partial charge in [0.15, 0.2) is 5.96 Å². The Balaban J connectivity index is 1.24. The van der Waals surface area contributed by atoms with Crippen molar-refractivity contribution in [2.75, 3.05) is 20.7 Å². The van der Waals surface area contributed by atoms with Crippen LogP contribution in [-0.4, -0.2) is 36.6 Å². The van der Waals surface area contributed by atoms with E-state index in [-0.39, 0.29) is 0 Å². The van der Waals surface area contributed by atoms with Crippen LogP contribution in [0.5, 0.6) is 17.4 Å². The van der Waals surface area contributed by atoms with Crippen molar-refractivity contribution in [3.8, 4) is 17.4 Å². The smallest absolute Gasteiger partial charge is 0.219 e. The highest BCUT2D eigenvalue weighted by molar-refractivity contribution is 5.83. The first kappa shape index (κ1) is 21.2. The van der Waals surface area contributed by atoms with Gasteiger partial charge in [0.25, 0.3) is 0 Å². The molecular formula is C25H27N5O2. The number of aromatic nitrogens is 2. The number of aromatic amines is 1. The Hall–Kier alpha value is -4.00. The number of nitrogens with one attached hydrogen (secondary N) is 3. The van der Waals surface area contributed by atoms with E-state index in [2.05, 4.69) is 50.0 Å². The molecule has 2 heterocycles. The number of methoxy groups -OCH3 is 1. The first-order valence-corrected chi connectivity index (χ1v) is 10.5. The van der Waals surface area contributed by atoms with Crippen LogP contribution in [0.25, 0.3) is 10.9 Å². The van der Waals surface area contributed by atoms with Crippen LogP contribution >= 0.6 is 0 Å². The SMILES string of the molecule is CN=C(NCCc1c[nH]c2ccccc12)NCc1ccc(Oc2ccc(OC)cc2)nc1. The van der Waals surface area contributed by atoms with Crippen molar-refractivity contribution >= 4 is 16.9 Å². The number of nitrogens with zero attached hydrogens (tertiary/aromatic N) is 2. The molecule has 0 spiro atoms. The van der Waals surface area contributed by atoms with E-state index in [1.54, 1.807) is 20.4 Å². The summed E-state index contributed by atoms with van der Waals surface area (Å²) in [6, 6.07) is 19.6. The van der Waals surface area contributed by atoms with Crippen LogP contribution in [0.15, 0.2) is 78.0 Å². The van der Waals surface area contributed by atoms with Crippen molar-refractivity contribution < 1.29 is 9.47 Å². The van der Waals surface area contributed by atoms with E-state index in [1.807, 2.05) is 42.5 Å². The van der Waals surface area contributed by atoms with E-state index in [0.29, 0.717) is 18.2 Å². The molecule has 0 unspecified atom stereocenters. The molecule has 0 aliphatic carbocycles. The van der Waals surface area contributed by atoms with Crippen molar-refractivity contribution in [3.05, 3.63) is 84.2 Å². The Morgan fingerprint density at radius 1 is 1.00 bits per heavy atom. The highest BCUT2D eigenvalue weighted by Gasteiger charge is 2.05. The Kier molecular flexibility index (Phi) is 6.87. The topological polar surface area (TPSA) is 83.6 Å². The van der Waals surface area contributed by atoms with E-state index in [1.165, 1.54) is 10.9 Å². The lowest BCUT2D eigenvalue weighted by molar-refractivity contribution is 0.412. The van der Waals surface area contributed by atoms with Crippen molar-refractivity contribution in [1.82, 2.24) is 20.6 Å². The molecule has 2 aromatic carbocycles. The molecule has 3 N–H and O–H groups in total. The average molecular weight is 430 g/mol. The number of aliphatic imine (C=N–C) groups is 1. The van der Waals surface area contributed by atoms with Gasteiger partial charge in [-0.3, -0.25) is 4.99 Å². The van der Waals surface area contributed by atoms with Crippen LogP contribution in [0.1, 0.15) is 11.1 Å². The normalized spacial score (nSPS) is 11.4. The molecule has 0 aliphatic rings. The lowest BCUT2D eigenvalue weighted by atomic mass is 10.1. The number of hydrogen-bond donors (Lipinski definition) is 3. The molecule has 0 atom stereocenters. The van der Waals surface area contributed by atoms with Crippen LogP contribution in [-0.2, 0) is 13.0 Å². The van der Waals surface area contributed by atoms with Gasteiger partial charge in [-0.2, -0.15) is 0 Å². The van der Waals surface area contributed by atoms with Crippen LogP contribution in [0.2, 0.25) is 0 Å². The third kappa shape index (κ3) is 5.37. The van der Waals surface area contributed by atoms with Gasteiger partial charge < -0.3 is 25.1 Å². The zero-order chi connectivity index (χ0) is 22.2. The van der Waals surface area contributed by atoms with E-state index in [0.717, 1.165) is 35.8 Å². The Morgan fingerprint density at radius 3 is 2.56 bits per heavy atom. The van der Waals surface area contributed by atoms with Crippen LogP contribution in [0, 0.1) is 0 Å². The molecule has 4 aromatic rings. The molecular weight excluding hydrogens is 402 g/mol. The van der Waals surface area contributed by atoms with Crippen molar-refractivity contribution in [2.45, 2.75) is 13.0 Å². The van der Waals surface area contributed by atoms with Crippen LogP contribution < -0.4 is 20.1 Å². The summed E-state index contributed by atoms with van der Waals surface area (Å²) < 4.78 is 10.9. The standard InChI is InChI=1S/C25H27N5O2/c1-26-25(27-14-13-19-17-28-23-6-4-3-5-22(19)23)30-16-18-7-12-24(29-15-18)32-21-10-8-20(31-2)9-11-21/h3-12,15,17,28H,13-14,16H2,1-2H3,(H2,26,27,30). The van der Waals surface area contributed by atoms with E-state index >= 15 is 0 Å². The minimum absolute atomic E-state index is 0.542. The lowest BCUT2D eigenvalue weighted by Gasteiger charge is -2.12. The summed E-state index contributed by atoms with van der Waals surface area (Å²) in [7, 11) is 3.41. The highest BCUT2D eigenvalue weighted by Crippen LogP contribution is 2.22. The molecule has 7 nitrogen and oxygen atoms in total. The number of para-hydroxylation sites is 1. The molecule has 0 aliphatic heterocycles. The lowest BCUT2D eigenvalue weighted by Crippen LogP contribution is -2.37. The molecule has 4 rings (SSSR count). The second-order valence-corrected chi connectivity index (χ2v) is 7.24. The Labute approximate surface area is 187 Å². The fraction of sp³-hybridized carbons (Fsp3) is 0.200. The molecule has 2 aromatic heterocycles. The van der Waals surface area contributed by atoms with Crippen molar-refractivity contribution in [2.24, 2.45) is 4.99 Å². The summed E-state index contributed by atoms with van der Waals surface area (Å²) in [5.74, 6) is 2.79. The van der Waals surface area contributed by atoms with Gasteiger partial charge in [0, 0.05) is 49.5 Å². The Bertz CT molecular complexity index is 1170. The second-order valence-electron chi connectivity index (χ2n) is 7.24. The molecule has 0 bridgehead atoms. The summed E-state index contributed by atoms with van der Waals surface area (Å²) in [6.45, 7) is 1.40. The molecule has 164 valence electrons. The molecule has 0 radical (unpaired) electrons. The fourth-order valence-electron chi connectivity index (χ4n) is 3.40. The number of pyridine rings is 1. The van der Waals surface area contributed by atoms with E-state index < -0.39 is 0 Å². The van der Waals surface area contributed by atoms with Crippen LogP contribution in [0.3, 0.4) is 0 Å². The zero-order valence-electron chi connectivity index (χ0n) is 18.3. The maximum absolute atomic E-state index is 5.77. The number of fused-ring (bicyclic) bond motifs is 1. The van der Waals surface area contributed by atoms with Gasteiger partial charge in [-0.25, -0.2) is 4.98 Å². The Morgan fingerprint density at radius 2 is 1.81 bits per heavy atom. The van der Waals surface area contributed by atoms with Crippen LogP contribution in [0.4, 0.5) is 0 Å². The number of rotatable bonds is 8. The number of hydrogen-bond acceptors (Lipinski definition) is 4. The van der Waals surface area contributed by atoms with Gasteiger partial charge in [0.2, 0.25) is 5.88 Å². The highest BCUT2D eigenvalue weighted by atomic mass is 16.5. The third-order valence-electron chi connectivity index (χ3n) is 5.12. The summed E-state index contributed by atoms with van der Waals surface area (Å²) in [6.07, 6.45) is 4.78. The molecule has 0 amide bonds. The first-order chi connectivity index (χ1) is 15.7. The quantitative estimate of drug-likeness (QED) is 0.288. The predicted molar refractivity (Wildman–Crippen MR) is 128 cm³/mol. The van der Waals surface area contributed by atoms with Gasteiger partial charge in [0.1, 0.15) is 11.5 Å². The monoisotopic (exact) mass is 429 g/mol. The van der Waals surface area contributed by atoms with E-state index in [4.69, 9.17) is 9.47 Å². The first-order valence-electron chi connectivity index (χ1n) is 10.5. The second kappa shape index (κ2) is 10.3. The largest absolute Gasteiger partial charge is 0.497 e. The van der Waals surface area contributed by atoms with Gasteiger partial charge in [-0.1, -0.05) is 24.3 Å². The van der Waals surface area contributed by atoms with Gasteiger partial charge in [-0.05, 0) is 47.9 Å². The maximum atomic E-state index is 5.77. The predicted octanol–water partition coefficient (Wildman–Crippen LogP) is 4.27. The fourth-order valence-corrected chi connectivity index (χ4v) is 3.40. The maximum Gasteiger partial charge on any atom is 0.219 e. The third-order valence-corrected chi connectivity index (χ3v) is 5.12. The summed E-state index contributed by atoms with van der Waals surface area (Å²) >= 11 is 0. The number of guanidine groups is 1. The molecule has 0 saturated carbocycles. The van der Waals surface area contributed by atoms with Crippen molar-refractivity contribution in [1.29, 1.82) is 0 Å². The number of benzene rings is 2. The van der Waals surface area contributed by atoms with Gasteiger partial charge in [-0.15, -0.1) is 0 Å². The zero-order valence-corrected chi connectivity index (χ0v) is 18.3. The van der Waals surface area contributed by atoms with Gasteiger partial charge in [0.05, 0.1) is 7.11 Å². The summed E-state index contributed by atoms with van der Waals surface area (Å²) in [5, 5.41) is 7.95. The van der Waals surface area contributed by atoms with E-state index in [9.17, 15) is 0 Å². The molecule has 0 fully saturated rings. The summed E-state index contributed by atoms with van der Waals surface area (Å²) in [5.41, 5.74) is 3.49. The number of H-pyrrole nitrogens is 1. The molecule has 32 heavy (non-hydrogen) atoms. The number of ether oxygens (including phenoxy) is 2. The average Bonchev–Trinajstić information content (AvgIpc) is 3.26. The molecule has 7 heteroatoms. The van der Waals surface area contributed by atoms with Crippen molar-refractivity contribution in [3.63, 3.8) is 0 Å². The minimum Gasteiger partial charge on any atom is -0.497 e. The molecule has 0 saturated heterocycles. The van der Waals surface area contributed by atoms with Gasteiger partial charge >= 0.3 is 0 Å².